The van der Waals surface area contributed by atoms with Crippen molar-refractivity contribution in [1.82, 2.24) is 9.88 Å². The predicted molar refractivity (Wildman–Crippen MR) is 142 cm³/mol. The Bertz CT molecular complexity index is 1220. The minimum atomic E-state index is -0.311. The van der Waals surface area contributed by atoms with Crippen LogP contribution in [0.5, 0.6) is 0 Å². The number of hydrogen-bond acceptors (Lipinski definition) is 4. The molecule has 1 N–H and O–H groups in total. The molecule has 2 aliphatic rings. The smallest absolute Gasteiger partial charge is 0.258 e. The first-order valence-electron chi connectivity index (χ1n) is 11.7. The average molecular weight is 467 g/mol. The number of carbonyl (C=O) groups is 2. The maximum absolute atomic E-state index is 12.8. The summed E-state index contributed by atoms with van der Waals surface area (Å²) < 4.78 is 0. The van der Waals surface area contributed by atoms with Crippen molar-refractivity contribution in [2.45, 2.75) is 20.3 Å². The van der Waals surface area contributed by atoms with Gasteiger partial charge in [-0.15, -0.1) is 0 Å². The monoisotopic (exact) mass is 466 g/mol. The topological polar surface area (TPSA) is 74.7 Å². The predicted octanol–water partition coefficient (Wildman–Crippen LogP) is 5.15. The number of hydrogen-bond donors (Lipinski definition) is 1. The molecule has 6 nitrogen and oxygen atoms in total. The molecule has 2 unspecified atom stereocenters. The fourth-order valence-corrected chi connectivity index (χ4v) is 4.57. The van der Waals surface area contributed by atoms with Gasteiger partial charge in [-0.05, 0) is 79.8 Å². The molecule has 0 bridgehead atoms. The van der Waals surface area contributed by atoms with Gasteiger partial charge in [-0.3, -0.25) is 14.6 Å². The van der Waals surface area contributed by atoms with Crippen LogP contribution in [-0.2, 0) is 9.59 Å². The largest absolute Gasteiger partial charge is 0.338 e. The fraction of sp³-hybridized carbons (Fsp3) is 0.241. The molecule has 2 aromatic rings. The van der Waals surface area contributed by atoms with Gasteiger partial charge >= 0.3 is 0 Å². The van der Waals surface area contributed by atoms with Gasteiger partial charge in [0.05, 0.1) is 5.57 Å². The molecule has 1 aromatic carbocycles. The zero-order valence-corrected chi connectivity index (χ0v) is 20.1. The van der Waals surface area contributed by atoms with Crippen molar-refractivity contribution in [2.24, 2.45) is 16.8 Å². The zero-order valence-electron chi connectivity index (χ0n) is 20.1. The summed E-state index contributed by atoms with van der Waals surface area (Å²) in [6.45, 7) is 8.75. The normalized spacial score (nSPS) is 19.3. The van der Waals surface area contributed by atoms with E-state index in [0.29, 0.717) is 23.2 Å². The summed E-state index contributed by atoms with van der Waals surface area (Å²) in [6.07, 6.45) is 11.5. The van der Waals surface area contributed by atoms with Crippen LogP contribution in [0, 0.1) is 11.8 Å². The molecule has 0 saturated carbocycles. The summed E-state index contributed by atoms with van der Waals surface area (Å²) in [5.74, 6) is 1.04. The molecule has 0 spiro atoms. The summed E-state index contributed by atoms with van der Waals surface area (Å²) in [7, 11) is 0. The SMILES string of the molecule is C=N/C=C(\C=C(C)C)C(=O)Nc1ccc(/C=C/C(=O)N2CC3C=C(c4ccccc4)CC3C2)cn1. The highest BCUT2D eigenvalue weighted by atomic mass is 16.2. The van der Waals surface area contributed by atoms with Gasteiger partial charge in [-0.2, -0.15) is 0 Å². The van der Waals surface area contributed by atoms with Crippen LogP contribution in [0.15, 0.2) is 89.2 Å². The first kappa shape index (κ1) is 24.1. The summed E-state index contributed by atoms with van der Waals surface area (Å²) in [4.78, 5) is 35.1. The standard InChI is InChI=1S/C29H30N4O2/c1-20(2)13-24(17-30-3)29(35)32-27-11-9-21(16-31-27)10-12-28(34)33-18-25-14-23(15-26(25)19-33)22-7-5-4-6-8-22/h4-14,16-17,25-26H,3,15,18-19H2,1-2H3,(H,31,32,35)/b12-10+,24-17+. The molecule has 1 fully saturated rings. The minimum Gasteiger partial charge on any atom is -0.338 e. The maximum Gasteiger partial charge on any atom is 0.258 e. The molecular weight excluding hydrogens is 436 g/mol. The molecule has 2 amide bonds. The first-order chi connectivity index (χ1) is 16.9. The molecule has 1 saturated heterocycles. The van der Waals surface area contributed by atoms with Gasteiger partial charge in [-0.25, -0.2) is 4.98 Å². The zero-order chi connectivity index (χ0) is 24.8. The van der Waals surface area contributed by atoms with E-state index in [1.165, 1.54) is 17.3 Å². The third-order valence-corrected chi connectivity index (χ3v) is 6.23. The number of aromatic nitrogens is 1. The van der Waals surface area contributed by atoms with Gasteiger partial charge in [0.1, 0.15) is 5.82 Å². The van der Waals surface area contributed by atoms with E-state index in [4.69, 9.17) is 0 Å². The molecule has 2 heterocycles. The van der Waals surface area contributed by atoms with Crippen LogP contribution in [0.3, 0.4) is 0 Å². The molecule has 6 heteroatoms. The number of anilines is 1. The molecule has 2 atom stereocenters. The van der Waals surface area contributed by atoms with E-state index < -0.39 is 0 Å². The van der Waals surface area contributed by atoms with Crippen LogP contribution >= 0.6 is 0 Å². The maximum atomic E-state index is 12.8. The molecule has 35 heavy (non-hydrogen) atoms. The van der Waals surface area contributed by atoms with Crippen molar-refractivity contribution in [1.29, 1.82) is 0 Å². The Hall–Kier alpha value is -4.06. The number of fused-ring (bicyclic) bond motifs is 1. The van der Waals surface area contributed by atoms with E-state index in [1.807, 2.05) is 30.9 Å². The van der Waals surface area contributed by atoms with Crippen molar-refractivity contribution in [3.63, 3.8) is 0 Å². The number of aliphatic imine (C=N–C) groups is 1. The van der Waals surface area contributed by atoms with Crippen molar-refractivity contribution < 1.29 is 9.59 Å². The van der Waals surface area contributed by atoms with Crippen molar-refractivity contribution in [3.05, 3.63) is 95.4 Å². The minimum absolute atomic E-state index is 0.0138. The Labute approximate surface area is 206 Å². The summed E-state index contributed by atoms with van der Waals surface area (Å²) in [6, 6.07) is 14.0. The van der Waals surface area contributed by atoms with Crippen molar-refractivity contribution in [2.75, 3.05) is 18.4 Å². The molecule has 1 aliphatic heterocycles. The summed E-state index contributed by atoms with van der Waals surface area (Å²) >= 11 is 0. The van der Waals surface area contributed by atoms with Gasteiger partial charge < -0.3 is 10.2 Å². The van der Waals surface area contributed by atoms with E-state index in [9.17, 15) is 9.59 Å². The second-order valence-electron chi connectivity index (χ2n) is 9.18. The van der Waals surface area contributed by atoms with E-state index >= 15 is 0 Å². The molecule has 1 aliphatic carbocycles. The van der Waals surface area contributed by atoms with Crippen molar-refractivity contribution in [3.8, 4) is 0 Å². The highest BCUT2D eigenvalue weighted by molar-refractivity contribution is 6.05. The number of benzene rings is 1. The first-order valence-corrected chi connectivity index (χ1v) is 11.7. The Balaban J connectivity index is 1.32. The molecule has 0 radical (unpaired) electrons. The van der Waals surface area contributed by atoms with E-state index in [2.05, 4.69) is 52.4 Å². The number of carbonyl (C=O) groups excluding carboxylic acids is 2. The Morgan fingerprint density at radius 3 is 2.60 bits per heavy atom. The van der Waals surface area contributed by atoms with Crippen LogP contribution in [0.4, 0.5) is 5.82 Å². The highest BCUT2D eigenvalue weighted by Gasteiger charge is 2.37. The Kier molecular flexibility index (Phi) is 7.51. The number of nitrogens with one attached hydrogen (secondary N) is 1. The van der Waals surface area contributed by atoms with E-state index in [-0.39, 0.29) is 11.8 Å². The number of likely N-dealkylation sites (tertiary alicyclic amines) is 1. The molecule has 1 aromatic heterocycles. The fourth-order valence-electron chi connectivity index (χ4n) is 4.57. The highest BCUT2D eigenvalue weighted by Crippen LogP contribution is 2.40. The lowest BCUT2D eigenvalue weighted by atomic mass is 9.98. The number of pyridine rings is 1. The molecule has 4 rings (SSSR count). The number of allylic oxidation sites excluding steroid dienone is 2. The Morgan fingerprint density at radius 2 is 1.94 bits per heavy atom. The van der Waals surface area contributed by atoms with Gasteiger partial charge in [0, 0.05) is 31.6 Å². The molecule has 178 valence electrons. The lowest BCUT2D eigenvalue weighted by Gasteiger charge is -2.15. The Morgan fingerprint density at radius 1 is 1.14 bits per heavy atom. The van der Waals surface area contributed by atoms with Gasteiger partial charge in [-0.1, -0.05) is 42.0 Å². The van der Waals surface area contributed by atoms with E-state index in [1.54, 1.807) is 30.5 Å². The quantitative estimate of drug-likeness (QED) is 0.349. The third kappa shape index (κ3) is 6.09. The van der Waals surface area contributed by atoms with Gasteiger partial charge in [0.25, 0.3) is 5.91 Å². The van der Waals surface area contributed by atoms with Gasteiger partial charge in [0.2, 0.25) is 5.91 Å². The number of rotatable bonds is 7. The number of nitrogens with zero attached hydrogens (tertiary/aromatic N) is 3. The summed E-state index contributed by atoms with van der Waals surface area (Å²) in [5, 5.41) is 2.75. The van der Waals surface area contributed by atoms with Crippen LogP contribution in [-0.4, -0.2) is 41.5 Å². The third-order valence-electron chi connectivity index (χ3n) is 6.23. The average Bonchev–Trinajstić information content (AvgIpc) is 3.43. The van der Waals surface area contributed by atoms with Crippen LogP contribution in [0.1, 0.15) is 31.4 Å². The van der Waals surface area contributed by atoms with Gasteiger partial charge in [0.15, 0.2) is 0 Å². The lowest BCUT2D eigenvalue weighted by molar-refractivity contribution is -0.125. The van der Waals surface area contributed by atoms with E-state index in [0.717, 1.165) is 30.6 Å². The second kappa shape index (κ2) is 10.9. The van der Waals surface area contributed by atoms with Crippen LogP contribution in [0.25, 0.3) is 11.6 Å². The number of amides is 2. The lowest BCUT2D eigenvalue weighted by Crippen LogP contribution is -2.27. The summed E-state index contributed by atoms with van der Waals surface area (Å²) in [5.41, 5.74) is 4.84. The van der Waals surface area contributed by atoms with Crippen LogP contribution in [0.2, 0.25) is 0 Å². The second-order valence-corrected chi connectivity index (χ2v) is 9.18. The van der Waals surface area contributed by atoms with Crippen LogP contribution < -0.4 is 5.32 Å². The van der Waals surface area contributed by atoms with Crippen molar-refractivity contribution >= 4 is 36.0 Å². The molecular formula is C29H30N4O2.